The van der Waals surface area contributed by atoms with Gasteiger partial charge in [0.25, 0.3) is 5.91 Å². The summed E-state index contributed by atoms with van der Waals surface area (Å²) in [6, 6.07) is 0. The molecule has 98 valence electrons. The summed E-state index contributed by atoms with van der Waals surface area (Å²) in [6.07, 6.45) is 3.86. The zero-order valence-electron chi connectivity index (χ0n) is 10.0. The number of nitrogens with zero attached hydrogens (tertiary/aromatic N) is 3. The number of hydrogen-bond acceptors (Lipinski definition) is 4. The van der Waals surface area contributed by atoms with Crippen LogP contribution in [0.15, 0.2) is 12.4 Å². The van der Waals surface area contributed by atoms with Crippen molar-refractivity contribution in [2.75, 3.05) is 32.7 Å². The summed E-state index contributed by atoms with van der Waals surface area (Å²) < 4.78 is 0. The van der Waals surface area contributed by atoms with Crippen molar-refractivity contribution in [1.29, 1.82) is 0 Å². The largest absolute Gasteiger partial charge is 0.480 e. The van der Waals surface area contributed by atoms with E-state index in [4.69, 9.17) is 5.11 Å². The van der Waals surface area contributed by atoms with Crippen LogP contribution in [-0.4, -0.2) is 69.7 Å². The first-order valence-electron chi connectivity index (χ1n) is 5.89. The van der Waals surface area contributed by atoms with Gasteiger partial charge in [0.2, 0.25) is 0 Å². The van der Waals surface area contributed by atoms with Crippen LogP contribution in [0.1, 0.15) is 16.8 Å². The lowest BCUT2D eigenvalue weighted by Gasteiger charge is -2.20. The molecule has 0 aromatic carbocycles. The zero-order chi connectivity index (χ0) is 13.0. The summed E-state index contributed by atoms with van der Waals surface area (Å²) in [4.78, 5) is 26.3. The predicted octanol–water partition coefficient (Wildman–Crippen LogP) is -0.358. The molecule has 1 aliphatic rings. The van der Waals surface area contributed by atoms with Gasteiger partial charge in [-0.2, -0.15) is 5.10 Å². The third kappa shape index (κ3) is 3.07. The highest BCUT2D eigenvalue weighted by Crippen LogP contribution is 2.07. The molecule has 0 radical (unpaired) electrons. The van der Waals surface area contributed by atoms with Crippen molar-refractivity contribution in [2.24, 2.45) is 0 Å². The molecular formula is C11H16N4O3. The van der Waals surface area contributed by atoms with E-state index in [9.17, 15) is 9.59 Å². The molecule has 1 aliphatic heterocycles. The van der Waals surface area contributed by atoms with Crippen LogP contribution >= 0.6 is 0 Å². The molecule has 18 heavy (non-hydrogen) atoms. The number of carboxylic acids is 1. The zero-order valence-corrected chi connectivity index (χ0v) is 10.0. The van der Waals surface area contributed by atoms with Gasteiger partial charge in [-0.15, -0.1) is 0 Å². The fraction of sp³-hybridized carbons (Fsp3) is 0.545. The molecule has 0 bridgehead atoms. The number of aliphatic carboxylic acids is 1. The van der Waals surface area contributed by atoms with Crippen molar-refractivity contribution in [2.45, 2.75) is 6.42 Å². The van der Waals surface area contributed by atoms with Crippen molar-refractivity contribution in [3.8, 4) is 0 Å². The number of H-pyrrole nitrogens is 1. The lowest BCUT2D eigenvalue weighted by molar-refractivity contribution is -0.138. The quantitative estimate of drug-likeness (QED) is 0.767. The van der Waals surface area contributed by atoms with Gasteiger partial charge in [-0.05, 0) is 6.42 Å². The average Bonchev–Trinajstić information content (AvgIpc) is 2.76. The minimum absolute atomic E-state index is 0.0355. The van der Waals surface area contributed by atoms with Crippen LogP contribution in [0.25, 0.3) is 0 Å². The standard InChI is InChI=1S/C11H16N4O3/c16-10(17)8-14-2-1-3-15(5-4-14)11(18)9-6-12-13-7-9/h6-7H,1-5,8H2,(H,12,13)(H,16,17). The Hall–Kier alpha value is -1.89. The van der Waals surface area contributed by atoms with Crippen molar-refractivity contribution < 1.29 is 14.7 Å². The summed E-state index contributed by atoms with van der Waals surface area (Å²) >= 11 is 0. The molecule has 1 saturated heterocycles. The Labute approximate surface area is 104 Å². The highest BCUT2D eigenvalue weighted by atomic mass is 16.4. The van der Waals surface area contributed by atoms with Crippen molar-refractivity contribution in [3.05, 3.63) is 18.0 Å². The van der Waals surface area contributed by atoms with E-state index in [2.05, 4.69) is 10.2 Å². The van der Waals surface area contributed by atoms with Crippen LogP contribution in [0.2, 0.25) is 0 Å². The van der Waals surface area contributed by atoms with Gasteiger partial charge in [0.05, 0.1) is 18.3 Å². The molecule has 2 N–H and O–H groups in total. The number of amides is 1. The predicted molar refractivity (Wildman–Crippen MR) is 63.2 cm³/mol. The Bertz CT molecular complexity index is 418. The lowest BCUT2D eigenvalue weighted by atomic mass is 10.3. The molecule has 7 heteroatoms. The maximum absolute atomic E-state index is 12.1. The first-order valence-corrected chi connectivity index (χ1v) is 5.89. The molecule has 0 saturated carbocycles. The minimum atomic E-state index is -0.829. The van der Waals surface area contributed by atoms with Crippen molar-refractivity contribution in [3.63, 3.8) is 0 Å². The van der Waals surface area contributed by atoms with E-state index in [1.807, 2.05) is 4.90 Å². The fourth-order valence-electron chi connectivity index (χ4n) is 2.07. The Kier molecular flexibility index (Phi) is 3.93. The van der Waals surface area contributed by atoms with Gasteiger partial charge in [-0.25, -0.2) is 0 Å². The first-order chi connectivity index (χ1) is 8.66. The number of aromatic nitrogens is 2. The van der Waals surface area contributed by atoms with Gasteiger partial charge in [0, 0.05) is 32.4 Å². The van der Waals surface area contributed by atoms with E-state index in [-0.39, 0.29) is 12.5 Å². The molecule has 1 fully saturated rings. The fourth-order valence-corrected chi connectivity index (χ4v) is 2.07. The van der Waals surface area contributed by atoms with Crippen LogP contribution in [-0.2, 0) is 4.79 Å². The SMILES string of the molecule is O=C(O)CN1CCCN(C(=O)c2cn[nH]c2)CC1. The van der Waals surface area contributed by atoms with E-state index >= 15 is 0 Å². The smallest absolute Gasteiger partial charge is 0.317 e. The molecular weight excluding hydrogens is 236 g/mol. The second-order valence-corrected chi connectivity index (χ2v) is 4.30. The number of nitrogens with one attached hydrogen (secondary N) is 1. The molecule has 7 nitrogen and oxygen atoms in total. The summed E-state index contributed by atoms with van der Waals surface area (Å²) in [5, 5.41) is 15.1. The third-order valence-corrected chi connectivity index (χ3v) is 2.98. The molecule has 2 heterocycles. The number of rotatable bonds is 3. The maximum Gasteiger partial charge on any atom is 0.317 e. The van der Waals surface area contributed by atoms with E-state index in [1.54, 1.807) is 11.1 Å². The monoisotopic (exact) mass is 252 g/mol. The molecule has 0 aliphatic carbocycles. The number of carbonyl (C=O) groups excluding carboxylic acids is 1. The second kappa shape index (κ2) is 5.63. The number of hydrogen-bond donors (Lipinski definition) is 2. The van der Waals surface area contributed by atoms with E-state index < -0.39 is 5.97 Å². The van der Waals surface area contributed by atoms with Gasteiger partial charge >= 0.3 is 5.97 Å². The Morgan fingerprint density at radius 3 is 2.83 bits per heavy atom. The van der Waals surface area contributed by atoms with Crippen LogP contribution in [0, 0.1) is 0 Å². The Balaban J connectivity index is 1.93. The van der Waals surface area contributed by atoms with Crippen LogP contribution in [0.4, 0.5) is 0 Å². The van der Waals surface area contributed by atoms with Gasteiger partial charge < -0.3 is 10.0 Å². The molecule has 0 unspecified atom stereocenters. The van der Waals surface area contributed by atoms with E-state index in [1.165, 1.54) is 6.20 Å². The third-order valence-electron chi connectivity index (χ3n) is 2.98. The topological polar surface area (TPSA) is 89.5 Å². The van der Waals surface area contributed by atoms with Crippen molar-refractivity contribution >= 4 is 11.9 Å². The Morgan fingerprint density at radius 1 is 1.33 bits per heavy atom. The van der Waals surface area contributed by atoms with Crippen LogP contribution < -0.4 is 0 Å². The molecule has 1 aromatic rings. The summed E-state index contributed by atoms with van der Waals surface area (Å²) in [6.45, 7) is 2.54. The summed E-state index contributed by atoms with van der Waals surface area (Å²) in [5.74, 6) is -0.884. The van der Waals surface area contributed by atoms with E-state index in [0.29, 0.717) is 31.7 Å². The van der Waals surface area contributed by atoms with Gasteiger partial charge in [0.15, 0.2) is 0 Å². The average molecular weight is 252 g/mol. The highest BCUT2D eigenvalue weighted by Gasteiger charge is 2.21. The summed E-state index contributed by atoms with van der Waals surface area (Å²) in [5.41, 5.74) is 0.543. The first kappa shape index (κ1) is 12.6. The van der Waals surface area contributed by atoms with Gasteiger partial charge in [0.1, 0.15) is 0 Å². The molecule has 1 aromatic heterocycles. The van der Waals surface area contributed by atoms with E-state index in [0.717, 1.165) is 6.42 Å². The molecule has 2 rings (SSSR count). The maximum atomic E-state index is 12.1. The highest BCUT2D eigenvalue weighted by molar-refractivity contribution is 5.93. The van der Waals surface area contributed by atoms with Crippen LogP contribution in [0.3, 0.4) is 0 Å². The normalized spacial score (nSPS) is 17.4. The van der Waals surface area contributed by atoms with Crippen LogP contribution in [0.5, 0.6) is 0 Å². The second-order valence-electron chi connectivity index (χ2n) is 4.30. The molecule has 1 amide bonds. The summed E-state index contributed by atoms with van der Waals surface area (Å²) in [7, 11) is 0. The minimum Gasteiger partial charge on any atom is -0.480 e. The lowest BCUT2D eigenvalue weighted by Crippen LogP contribution is -2.36. The molecule has 0 atom stereocenters. The van der Waals surface area contributed by atoms with Gasteiger partial charge in [-0.1, -0.05) is 0 Å². The van der Waals surface area contributed by atoms with Crippen molar-refractivity contribution in [1.82, 2.24) is 20.0 Å². The Morgan fingerprint density at radius 2 is 2.17 bits per heavy atom. The number of carbonyl (C=O) groups is 2. The molecule has 0 spiro atoms. The number of carboxylic acid groups (broad SMARTS) is 1. The number of aromatic amines is 1. The van der Waals surface area contributed by atoms with Gasteiger partial charge in [-0.3, -0.25) is 19.6 Å².